The van der Waals surface area contributed by atoms with Crippen molar-refractivity contribution in [3.05, 3.63) is 47.7 Å². The number of carbonyl (C=O) groups is 1. The zero-order valence-electron chi connectivity index (χ0n) is 10.8. The van der Waals surface area contributed by atoms with Crippen LogP contribution in [0.25, 0.3) is 10.9 Å². The van der Waals surface area contributed by atoms with Crippen LogP contribution in [0, 0.1) is 0 Å². The highest BCUT2D eigenvalue weighted by Crippen LogP contribution is 2.38. The molecular formula is C15H13N3O2. The molecule has 1 aliphatic carbocycles. The van der Waals surface area contributed by atoms with Crippen molar-refractivity contribution in [2.45, 2.75) is 25.3 Å². The summed E-state index contributed by atoms with van der Waals surface area (Å²) in [6, 6.07) is 7.82. The molecule has 1 saturated carbocycles. The van der Waals surface area contributed by atoms with Crippen LogP contribution in [0.1, 0.15) is 40.8 Å². The molecule has 1 aromatic carbocycles. The number of hydrogen-bond donors (Lipinski definition) is 0. The van der Waals surface area contributed by atoms with Gasteiger partial charge in [0.15, 0.2) is 12.1 Å². The first-order valence-corrected chi connectivity index (χ1v) is 6.70. The molecule has 0 aliphatic heterocycles. The van der Waals surface area contributed by atoms with Gasteiger partial charge in [-0.2, -0.15) is 4.98 Å². The van der Waals surface area contributed by atoms with Gasteiger partial charge in [-0.15, -0.1) is 0 Å². The van der Waals surface area contributed by atoms with E-state index in [1.54, 1.807) is 0 Å². The minimum Gasteiger partial charge on any atom is -0.339 e. The summed E-state index contributed by atoms with van der Waals surface area (Å²) in [6.45, 7) is 0.518. The lowest BCUT2D eigenvalue weighted by molar-refractivity contribution is 0.112. The van der Waals surface area contributed by atoms with Gasteiger partial charge in [-0.3, -0.25) is 4.79 Å². The van der Waals surface area contributed by atoms with E-state index in [0.717, 1.165) is 35.9 Å². The third-order valence-electron chi connectivity index (χ3n) is 3.67. The number of carbonyl (C=O) groups excluding carboxylic acids is 1. The van der Waals surface area contributed by atoms with Crippen LogP contribution in [0.3, 0.4) is 0 Å². The maximum Gasteiger partial charge on any atom is 0.229 e. The molecule has 1 fully saturated rings. The number of benzene rings is 1. The van der Waals surface area contributed by atoms with E-state index in [9.17, 15) is 4.79 Å². The predicted molar refractivity (Wildman–Crippen MR) is 72.7 cm³/mol. The summed E-state index contributed by atoms with van der Waals surface area (Å²) in [5.41, 5.74) is 1.69. The quantitative estimate of drug-likeness (QED) is 0.682. The normalized spacial score (nSPS) is 14.8. The third-order valence-corrected chi connectivity index (χ3v) is 3.67. The number of fused-ring (bicyclic) bond motifs is 1. The van der Waals surface area contributed by atoms with Crippen LogP contribution >= 0.6 is 0 Å². The molecule has 0 unspecified atom stereocenters. The van der Waals surface area contributed by atoms with Crippen LogP contribution in [0.2, 0.25) is 0 Å². The Balaban J connectivity index is 1.72. The van der Waals surface area contributed by atoms with Crippen LogP contribution in [0.4, 0.5) is 0 Å². The average molecular weight is 267 g/mol. The minimum atomic E-state index is 0.461. The van der Waals surface area contributed by atoms with Gasteiger partial charge in [0.2, 0.25) is 5.89 Å². The van der Waals surface area contributed by atoms with E-state index in [-0.39, 0.29) is 0 Å². The topological polar surface area (TPSA) is 60.9 Å². The Hall–Kier alpha value is -2.43. The lowest BCUT2D eigenvalue weighted by Gasteiger charge is -2.00. The van der Waals surface area contributed by atoms with Crippen molar-refractivity contribution < 1.29 is 9.32 Å². The second kappa shape index (κ2) is 4.30. The molecule has 4 rings (SSSR count). The molecule has 0 bridgehead atoms. The summed E-state index contributed by atoms with van der Waals surface area (Å²) in [5.74, 6) is 1.86. The molecule has 0 spiro atoms. The summed E-state index contributed by atoms with van der Waals surface area (Å²) in [4.78, 5) is 15.5. The Morgan fingerprint density at radius 2 is 2.20 bits per heavy atom. The Bertz CT molecular complexity index is 783. The van der Waals surface area contributed by atoms with Gasteiger partial charge >= 0.3 is 0 Å². The molecule has 5 nitrogen and oxygen atoms in total. The number of aldehydes is 1. The lowest BCUT2D eigenvalue weighted by atomic mass is 10.2. The number of para-hydroxylation sites is 1. The maximum absolute atomic E-state index is 11.1. The molecule has 0 radical (unpaired) electrons. The fourth-order valence-corrected chi connectivity index (χ4v) is 2.48. The minimum absolute atomic E-state index is 0.461. The van der Waals surface area contributed by atoms with Crippen molar-refractivity contribution in [3.63, 3.8) is 0 Å². The molecule has 0 N–H and O–H groups in total. The lowest BCUT2D eigenvalue weighted by Crippen LogP contribution is -2.00. The fraction of sp³-hybridized carbons (Fsp3) is 0.267. The number of nitrogens with zero attached hydrogens (tertiary/aromatic N) is 3. The highest BCUT2D eigenvalue weighted by Gasteiger charge is 2.29. The van der Waals surface area contributed by atoms with Crippen LogP contribution in [0.5, 0.6) is 0 Å². The molecule has 0 atom stereocenters. The van der Waals surface area contributed by atoms with Gasteiger partial charge in [0.25, 0.3) is 0 Å². The van der Waals surface area contributed by atoms with Gasteiger partial charge in [0.05, 0.1) is 6.54 Å². The van der Waals surface area contributed by atoms with Crippen molar-refractivity contribution in [1.82, 2.24) is 14.7 Å². The number of rotatable bonds is 4. The van der Waals surface area contributed by atoms with Crippen molar-refractivity contribution in [3.8, 4) is 0 Å². The van der Waals surface area contributed by atoms with Gasteiger partial charge < -0.3 is 9.09 Å². The molecular weight excluding hydrogens is 254 g/mol. The van der Waals surface area contributed by atoms with E-state index in [2.05, 4.69) is 10.1 Å². The number of aromatic nitrogens is 3. The largest absolute Gasteiger partial charge is 0.339 e. The Labute approximate surface area is 115 Å². The smallest absolute Gasteiger partial charge is 0.229 e. The molecule has 0 saturated heterocycles. The molecule has 0 amide bonds. The van der Waals surface area contributed by atoms with Gasteiger partial charge in [-0.25, -0.2) is 0 Å². The third kappa shape index (κ3) is 1.82. The van der Waals surface area contributed by atoms with Crippen LogP contribution < -0.4 is 0 Å². The van der Waals surface area contributed by atoms with Gasteiger partial charge in [0, 0.05) is 28.6 Å². The van der Waals surface area contributed by atoms with E-state index in [4.69, 9.17) is 4.52 Å². The maximum atomic E-state index is 11.1. The molecule has 20 heavy (non-hydrogen) atoms. The van der Waals surface area contributed by atoms with E-state index in [0.29, 0.717) is 23.9 Å². The second-order valence-electron chi connectivity index (χ2n) is 5.17. The van der Waals surface area contributed by atoms with Crippen molar-refractivity contribution in [1.29, 1.82) is 0 Å². The van der Waals surface area contributed by atoms with Crippen LogP contribution in [-0.2, 0) is 6.54 Å². The summed E-state index contributed by atoms with van der Waals surface area (Å²) in [6.07, 6.45) is 5.00. The van der Waals surface area contributed by atoms with Crippen molar-refractivity contribution >= 4 is 17.2 Å². The summed E-state index contributed by atoms with van der Waals surface area (Å²) in [7, 11) is 0. The highest BCUT2D eigenvalue weighted by atomic mass is 16.5. The second-order valence-corrected chi connectivity index (χ2v) is 5.17. The highest BCUT2D eigenvalue weighted by molar-refractivity contribution is 5.97. The molecule has 2 aromatic heterocycles. The van der Waals surface area contributed by atoms with E-state index < -0.39 is 0 Å². The molecule has 3 aromatic rings. The SMILES string of the molecule is O=Cc1cn(Cc2noc(C3CC3)n2)c2ccccc12. The molecule has 2 heterocycles. The van der Waals surface area contributed by atoms with E-state index in [1.807, 2.05) is 35.0 Å². The Kier molecular flexibility index (Phi) is 2.45. The van der Waals surface area contributed by atoms with E-state index in [1.165, 1.54) is 0 Å². The first-order chi connectivity index (χ1) is 9.85. The first-order valence-electron chi connectivity index (χ1n) is 6.70. The van der Waals surface area contributed by atoms with Crippen molar-refractivity contribution in [2.24, 2.45) is 0 Å². The van der Waals surface area contributed by atoms with Gasteiger partial charge in [0.1, 0.15) is 0 Å². The number of hydrogen-bond acceptors (Lipinski definition) is 4. The zero-order valence-corrected chi connectivity index (χ0v) is 10.8. The van der Waals surface area contributed by atoms with Crippen LogP contribution in [-0.4, -0.2) is 21.0 Å². The van der Waals surface area contributed by atoms with Crippen molar-refractivity contribution in [2.75, 3.05) is 0 Å². The monoisotopic (exact) mass is 267 g/mol. The molecule has 1 aliphatic rings. The predicted octanol–water partition coefficient (Wildman–Crippen LogP) is 2.76. The standard InChI is InChI=1S/C15H13N3O2/c19-9-11-7-18(13-4-2-1-3-12(11)13)8-14-16-15(20-17-14)10-5-6-10/h1-4,7,9-10H,5-6,8H2. The summed E-state index contributed by atoms with van der Waals surface area (Å²) in [5, 5.41) is 4.97. The average Bonchev–Trinajstić information content (AvgIpc) is 3.13. The fourth-order valence-electron chi connectivity index (χ4n) is 2.48. The first kappa shape index (κ1) is 11.4. The van der Waals surface area contributed by atoms with Gasteiger partial charge in [-0.05, 0) is 18.9 Å². The molecule has 100 valence electrons. The Morgan fingerprint density at radius 3 is 3.00 bits per heavy atom. The van der Waals surface area contributed by atoms with Crippen LogP contribution in [0.15, 0.2) is 35.0 Å². The Morgan fingerprint density at radius 1 is 1.35 bits per heavy atom. The van der Waals surface area contributed by atoms with E-state index >= 15 is 0 Å². The van der Waals surface area contributed by atoms with Gasteiger partial charge in [-0.1, -0.05) is 23.4 Å². The zero-order chi connectivity index (χ0) is 13.5. The summed E-state index contributed by atoms with van der Waals surface area (Å²) < 4.78 is 7.25. The summed E-state index contributed by atoms with van der Waals surface area (Å²) >= 11 is 0. The molecule has 5 heteroatoms.